The molecule has 1 heterocycles. The maximum absolute atomic E-state index is 7.59. The van der Waals surface area contributed by atoms with Crippen LogP contribution >= 0.6 is 36.5 Å². The number of halogens is 2. The minimum atomic E-state index is -0.639. The van der Waals surface area contributed by atoms with Gasteiger partial charge in [0.2, 0.25) is 0 Å². The Bertz CT molecular complexity index is 1300. The van der Waals surface area contributed by atoms with Gasteiger partial charge in [0.1, 0.15) is 0 Å². The Balaban J connectivity index is 0.000000233. The number of hydrogen-bond acceptors (Lipinski definition) is 2. The van der Waals surface area contributed by atoms with Crippen molar-refractivity contribution in [3.8, 4) is 11.1 Å². The molecule has 6 atom stereocenters. The van der Waals surface area contributed by atoms with E-state index in [0.29, 0.717) is 0 Å². The number of nitrogens with one attached hydrogen (secondary N) is 2. The molecular weight excluding hydrogens is 666 g/mol. The van der Waals surface area contributed by atoms with Crippen molar-refractivity contribution in [3.63, 3.8) is 0 Å². The van der Waals surface area contributed by atoms with Crippen LogP contribution in [0.5, 0.6) is 0 Å². The SMILES string of the molecule is CPc1ccc2ccccc2c1-c1c(PC)ccc2ccccc12.C[C@@H]([NH-])[C@H]1OC(C)(C)O[C@@H]1[C@@H](C)[NH-].[Cl][Ru+2][Cl]. The summed E-state index contributed by atoms with van der Waals surface area (Å²) in [4.78, 5) is 0. The van der Waals surface area contributed by atoms with Gasteiger partial charge in [-0.25, -0.2) is 0 Å². The molecule has 2 N–H and O–H groups in total. The monoisotopic (exact) mass is 704 g/mol. The van der Waals surface area contributed by atoms with E-state index in [0.717, 1.165) is 17.2 Å². The van der Waals surface area contributed by atoms with Crippen LogP contribution in [-0.2, 0) is 24.6 Å². The van der Waals surface area contributed by atoms with E-state index in [-0.39, 0.29) is 39.4 Å². The number of hydrogen-bond donors (Lipinski definition) is 0. The van der Waals surface area contributed by atoms with Crippen LogP contribution in [0, 0.1) is 0 Å². The number of rotatable bonds is 5. The Morgan fingerprint density at radius 3 is 1.38 bits per heavy atom. The Hall–Kier alpha value is -0.697. The molecule has 216 valence electrons. The summed E-state index contributed by atoms with van der Waals surface area (Å²) in [7, 11) is 11.3. The van der Waals surface area contributed by atoms with Crippen molar-refractivity contribution in [1.82, 2.24) is 0 Å². The third-order valence-electron chi connectivity index (χ3n) is 6.80. The van der Waals surface area contributed by atoms with Crippen LogP contribution in [0.25, 0.3) is 44.1 Å². The topological polar surface area (TPSA) is 66.1 Å². The van der Waals surface area contributed by atoms with E-state index in [4.69, 9.17) is 40.3 Å². The molecule has 0 aliphatic carbocycles. The molecule has 4 aromatic carbocycles. The van der Waals surface area contributed by atoms with E-state index in [9.17, 15) is 0 Å². The van der Waals surface area contributed by atoms with Gasteiger partial charge in [0.15, 0.2) is 5.79 Å². The van der Waals surface area contributed by atoms with Crippen molar-refractivity contribution < 1.29 is 24.6 Å². The Labute approximate surface area is 258 Å². The third kappa shape index (κ3) is 8.23. The van der Waals surface area contributed by atoms with Crippen molar-refractivity contribution in [2.45, 2.75) is 57.8 Å². The fraction of sp³-hybridized carbons (Fsp3) is 0.355. The molecule has 1 fully saturated rings. The molecule has 0 spiro atoms. The van der Waals surface area contributed by atoms with Crippen molar-refractivity contribution in [2.75, 3.05) is 13.3 Å². The molecule has 4 nitrogen and oxygen atoms in total. The molecule has 5 rings (SSSR count). The number of fused-ring (bicyclic) bond motifs is 2. The first-order valence-electron chi connectivity index (χ1n) is 13.1. The summed E-state index contributed by atoms with van der Waals surface area (Å²) in [5.41, 5.74) is 18.1. The molecule has 0 aromatic heterocycles. The van der Waals surface area contributed by atoms with Crippen LogP contribution in [0.4, 0.5) is 0 Å². The molecule has 1 saturated heterocycles. The molecule has 1 aliphatic rings. The second kappa shape index (κ2) is 15.7. The van der Waals surface area contributed by atoms with Crippen molar-refractivity contribution >= 4 is 68.7 Å². The van der Waals surface area contributed by atoms with Gasteiger partial charge in [-0.2, -0.15) is 0 Å². The maximum atomic E-state index is 7.59. The fourth-order valence-corrected chi connectivity index (χ4v) is 6.61. The van der Waals surface area contributed by atoms with Crippen LogP contribution in [0.15, 0.2) is 72.8 Å². The zero-order valence-corrected chi connectivity index (χ0v) is 28.9. The first kappa shape index (κ1) is 33.8. The van der Waals surface area contributed by atoms with Gasteiger partial charge in [-0.15, -0.1) is 12.1 Å². The van der Waals surface area contributed by atoms with Gasteiger partial charge in [0.25, 0.3) is 0 Å². The molecule has 9 heteroatoms. The Kier molecular flexibility index (Phi) is 13.3. The van der Waals surface area contributed by atoms with Crippen molar-refractivity contribution in [2.24, 2.45) is 0 Å². The Morgan fingerprint density at radius 1 is 0.700 bits per heavy atom. The van der Waals surface area contributed by atoms with E-state index in [2.05, 4.69) is 86.1 Å². The summed E-state index contributed by atoms with van der Waals surface area (Å²) in [6.07, 6.45) is -0.551. The van der Waals surface area contributed by atoms with Crippen LogP contribution < -0.4 is 10.6 Å². The van der Waals surface area contributed by atoms with E-state index in [1.54, 1.807) is 13.8 Å². The molecular formula is C31H38Cl2N2O2P2Ru. The molecule has 4 aromatic rings. The average molecular weight is 705 g/mol. The van der Waals surface area contributed by atoms with E-state index in [1.807, 2.05) is 13.8 Å². The molecule has 0 saturated carbocycles. The van der Waals surface area contributed by atoms with Gasteiger partial charge in [-0.3, -0.25) is 0 Å². The third-order valence-corrected chi connectivity index (χ3v) is 8.71. The molecule has 1 aliphatic heterocycles. The van der Waals surface area contributed by atoms with Crippen LogP contribution in [0.3, 0.4) is 0 Å². The van der Waals surface area contributed by atoms with Gasteiger partial charge in [-0.05, 0) is 70.5 Å². The molecule has 2 unspecified atom stereocenters. The second-order valence-corrected chi connectivity index (χ2v) is 14.8. The summed E-state index contributed by atoms with van der Waals surface area (Å²) >= 11 is -0.346. The van der Waals surface area contributed by atoms with E-state index < -0.39 is 5.79 Å². The van der Waals surface area contributed by atoms with Gasteiger partial charge < -0.3 is 20.9 Å². The quantitative estimate of drug-likeness (QED) is 0.154. The van der Waals surface area contributed by atoms with Gasteiger partial charge in [0.05, 0.1) is 12.2 Å². The summed E-state index contributed by atoms with van der Waals surface area (Å²) in [5, 5.41) is 8.33. The van der Waals surface area contributed by atoms with Crippen molar-refractivity contribution in [1.29, 1.82) is 0 Å². The zero-order valence-electron chi connectivity index (χ0n) is 23.7. The number of benzene rings is 4. The summed E-state index contributed by atoms with van der Waals surface area (Å²) in [5.74, 6) is -0.639. The van der Waals surface area contributed by atoms with Gasteiger partial charge in [0, 0.05) is 0 Å². The van der Waals surface area contributed by atoms with E-state index >= 15 is 0 Å². The number of ether oxygens (including phenoxy) is 2. The Morgan fingerprint density at radius 2 is 1.05 bits per heavy atom. The molecule has 0 amide bonds. The standard InChI is InChI=1S/C22H20P2.C9H18N2O2.2ClH.Ru/c1-23-19-13-11-15-7-3-5-9-17(15)21(19)22-18-10-6-4-8-16(18)12-14-20(22)24-2;1-5(10)7-8(6(2)11)13-9(3,4)12-7;;;/h3-14,23-24H,1-2H3;5-8,10-11H,1-4H3;2*1H;/q;-2;;;+4/p-2/t;5-,6-,7-,8-;;;/m.1.../s1. The van der Waals surface area contributed by atoms with Crippen LogP contribution in [0.1, 0.15) is 27.7 Å². The molecule has 0 radical (unpaired) electrons. The van der Waals surface area contributed by atoms with Crippen LogP contribution in [-0.4, -0.2) is 43.4 Å². The normalized spacial score (nSPS) is 19.9. The summed E-state index contributed by atoms with van der Waals surface area (Å²) in [6.45, 7) is 11.8. The minimum absolute atomic E-state index is 0.275. The molecule has 40 heavy (non-hydrogen) atoms. The molecule has 0 bridgehead atoms. The second-order valence-electron chi connectivity index (χ2n) is 10.1. The van der Waals surface area contributed by atoms with E-state index in [1.165, 1.54) is 43.3 Å². The first-order valence-corrected chi connectivity index (χ1v) is 20.6. The van der Waals surface area contributed by atoms with Crippen molar-refractivity contribution in [3.05, 3.63) is 84.3 Å². The fourth-order valence-electron chi connectivity index (χ4n) is 5.09. The summed E-state index contributed by atoms with van der Waals surface area (Å²) < 4.78 is 11.1. The zero-order chi connectivity index (χ0) is 29.4. The predicted octanol–water partition coefficient (Wildman–Crippen LogP) is 9.29. The van der Waals surface area contributed by atoms with Gasteiger partial charge in [-0.1, -0.05) is 104 Å². The van der Waals surface area contributed by atoms with Gasteiger partial charge >= 0.3 is 34.5 Å². The average Bonchev–Trinajstić information content (AvgIpc) is 3.29. The predicted molar refractivity (Wildman–Crippen MR) is 178 cm³/mol. The van der Waals surface area contributed by atoms with Crippen LogP contribution in [0.2, 0.25) is 0 Å². The summed E-state index contributed by atoms with van der Waals surface area (Å²) in [6, 6.07) is 26.1. The first-order chi connectivity index (χ1) is 19.1.